The molecule has 0 unspecified atom stereocenters. The van der Waals surface area contributed by atoms with E-state index < -0.39 is 0 Å². The van der Waals surface area contributed by atoms with E-state index in [9.17, 15) is 0 Å². The standard InChI is InChI=1S/C41H37N4O2.C15H16N.Ir/c1-23(2)29-20-26(25-14-9-8-10-15-25)21-30(24(3)4)35(29)45-33-19-12-11-18-32(33)42-38(45)28-17-13-16-27-31-22-34-37(43-39(31)47-36(27)28)44-40(46-34)41(5,6)7;1-15(2,3)13-9-10-14(16-11-13)12-7-5-4-6-8-12;/h8-16,18-24H,1-7H3;4-7,9-11H,1-3H3;/q2*-1;. The van der Waals surface area contributed by atoms with Crippen LogP contribution in [0.1, 0.15) is 104 Å². The van der Waals surface area contributed by atoms with Gasteiger partial charge in [0.25, 0.3) is 0 Å². The first kappa shape index (κ1) is 44.4. The molecule has 10 aromatic rings. The number of fused-ring (bicyclic) bond motifs is 5. The minimum atomic E-state index is -0.228. The van der Waals surface area contributed by atoms with Crippen molar-refractivity contribution in [2.45, 2.75) is 91.9 Å². The first-order valence-electron chi connectivity index (χ1n) is 21.9. The van der Waals surface area contributed by atoms with Crippen LogP contribution in [0.4, 0.5) is 0 Å². The molecule has 5 aromatic heterocycles. The van der Waals surface area contributed by atoms with Gasteiger partial charge in [-0.2, -0.15) is 9.97 Å². The normalized spacial score (nSPS) is 12.1. The van der Waals surface area contributed by atoms with Crippen molar-refractivity contribution in [1.82, 2.24) is 24.5 Å². The van der Waals surface area contributed by atoms with Crippen molar-refractivity contribution in [3.8, 4) is 39.5 Å². The number of aromatic nitrogens is 5. The molecule has 0 aliphatic rings. The average molecular weight is 1020 g/mol. The molecule has 0 aliphatic carbocycles. The number of imidazole rings is 1. The molecule has 0 saturated heterocycles. The number of benzene rings is 5. The summed E-state index contributed by atoms with van der Waals surface area (Å²) in [5.74, 6) is 1.95. The third-order valence-electron chi connectivity index (χ3n) is 11.6. The molecule has 0 aliphatic heterocycles. The zero-order chi connectivity index (χ0) is 44.2. The summed E-state index contributed by atoms with van der Waals surface area (Å²) in [6.45, 7) is 21.9. The third-order valence-corrected chi connectivity index (χ3v) is 11.6. The quantitative estimate of drug-likeness (QED) is 0.154. The van der Waals surface area contributed by atoms with Crippen molar-refractivity contribution in [3.05, 3.63) is 162 Å². The van der Waals surface area contributed by atoms with Gasteiger partial charge in [-0.3, -0.25) is 4.98 Å². The Balaban J connectivity index is 0.000000279. The van der Waals surface area contributed by atoms with Crippen LogP contribution in [0.5, 0.6) is 0 Å². The Morgan fingerprint density at radius 2 is 1.33 bits per heavy atom. The van der Waals surface area contributed by atoms with Crippen LogP contribution in [0, 0.1) is 12.1 Å². The Labute approximate surface area is 389 Å². The van der Waals surface area contributed by atoms with Crippen molar-refractivity contribution in [1.29, 1.82) is 0 Å². The molecule has 0 spiro atoms. The second kappa shape index (κ2) is 17.4. The van der Waals surface area contributed by atoms with Crippen molar-refractivity contribution < 1.29 is 28.9 Å². The number of pyridine rings is 2. The number of furan rings is 1. The van der Waals surface area contributed by atoms with Gasteiger partial charge in [-0.15, -0.1) is 54.1 Å². The van der Waals surface area contributed by atoms with E-state index in [2.05, 4.69) is 169 Å². The summed E-state index contributed by atoms with van der Waals surface area (Å²) in [4.78, 5) is 19.2. The van der Waals surface area contributed by atoms with Gasteiger partial charge in [0, 0.05) is 42.8 Å². The molecule has 1 radical (unpaired) electrons. The van der Waals surface area contributed by atoms with Crippen molar-refractivity contribution in [3.63, 3.8) is 0 Å². The van der Waals surface area contributed by atoms with E-state index in [0.717, 1.165) is 50.1 Å². The molecule has 64 heavy (non-hydrogen) atoms. The molecular weight excluding hydrogens is 967 g/mol. The van der Waals surface area contributed by atoms with Crippen molar-refractivity contribution in [2.24, 2.45) is 0 Å². The topological polar surface area (TPSA) is 82.8 Å². The first-order chi connectivity index (χ1) is 30.2. The van der Waals surface area contributed by atoms with Gasteiger partial charge in [-0.1, -0.05) is 135 Å². The molecule has 8 heteroatoms. The SMILES string of the molecule is CC(C)(C)c1ccc(-c2[c-]cccc2)nc1.CC(C)c1cc(-c2ccccc2)cc(C(C)C)c1-n1c(-c2[c-]ccc3c2oc2nc4nc(C(C)(C)C)oc4cc23)nc2ccccc21.[Ir]. The molecular formula is C56H53IrN5O2-2. The van der Waals surface area contributed by atoms with Crippen LogP contribution in [0.3, 0.4) is 0 Å². The summed E-state index contributed by atoms with van der Waals surface area (Å²) in [5.41, 5.74) is 14.5. The maximum absolute atomic E-state index is 6.58. The maximum atomic E-state index is 6.58. The Morgan fingerprint density at radius 3 is 1.97 bits per heavy atom. The van der Waals surface area contributed by atoms with Gasteiger partial charge in [0.05, 0.1) is 22.4 Å². The van der Waals surface area contributed by atoms with Crippen LogP contribution in [0.2, 0.25) is 0 Å². The molecule has 5 aromatic carbocycles. The summed E-state index contributed by atoms with van der Waals surface area (Å²) in [6, 6.07) is 48.5. The summed E-state index contributed by atoms with van der Waals surface area (Å²) in [5, 5.41) is 1.81. The monoisotopic (exact) mass is 1020 g/mol. The van der Waals surface area contributed by atoms with Crippen LogP contribution < -0.4 is 0 Å². The molecule has 0 bridgehead atoms. The number of hydrogen-bond donors (Lipinski definition) is 0. The van der Waals surface area contributed by atoms with Gasteiger partial charge < -0.3 is 18.4 Å². The molecule has 10 rings (SSSR count). The maximum Gasteiger partial charge on any atom is 0.218 e. The predicted molar refractivity (Wildman–Crippen MR) is 258 cm³/mol. The van der Waals surface area contributed by atoms with Gasteiger partial charge in [-0.05, 0) is 81.1 Å². The molecule has 0 fully saturated rings. The minimum absolute atomic E-state index is 0. The van der Waals surface area contributed by atoms with E-state index in [0.29, 0.717) is 28.4 Å². The van der Waals surface area contributed by atoms with Crippen LogP contribution >= 0.6 is 0 Å². The summed E-state index contributed by atoms with van der Waals surface area (Å²) < 4.78 is 15.1. The number of oxazole rings is 1. The van der Waals surface area contributed by atoms with Gasteiger partial charge in [0.15, 0.2) is 5.58 Å². The summed E-state index contributed by atoms with van der Waals surface area (Å²) in [7, 11) is 0. The van der Waals surface area contributed by atoms with Crippen molar-refractivity contribution >= 4 is 44.3 Å². The fourth-order valence-electron chi connectivity index (χ4n) is 8.09. The van der Waals surface area contributed by atoms with E-state index in [1.807, 2.05) is 54.7 Å². The number of hydrogen-bond acceptors (Lipinski definition) is 6. The Bertz CT molecular complexity index is 3210. The van der Waals surface area contributed by atoms with Gasteiger partial charge in [0.2, 0.25) is 17.3 Å². The molecule has 0 N–H and O–H groups in total. The number of nitrogens with zero attached hydrogens (tertiary/aromatic N) is 5. The zero-order valence-corrected chi connectivity index (χ0v) is 40.6. The van der Waals surface area contributed by atoms with Crippen LogP contribution in [0.25, 0.3) is 83.8 Å². The van der Waals surface area contributed by atoms with Crippen molar-refractivity contribution in [2.75, 3.05) is 0 Å². The van der Waals surface area contributed by atoms with E-state index in [4.69, 9.17) is 18.8 Å². The largest absolute Gasteiger partial charge is 0.486 e. The molecule has 325 valence electrons. The number of para-hydroxylation sites is 2. The Hall–Kier alpha value is -6.21. The average Bonchev–Trinajstić information content (AvgIpc) is 3.99. The van der Waals surface area contributed by atoms with E-state index in [-0.39, 0.29) is 42.8 Å². The predicted octanol–water partition coefficient (Wildman–Crippen LogP) is 15.0. The van der Waals surface area contributed by atoms with Crippen LogP contribution in [-0.2, 0) is 30.9 Å². The number of rotatable bonds is 6. The van der Waals surface area contributed by atoms with Gasteiger partial charge >= 0.3 is 0 Å². The van der Waals surface area contributed by atoms with E-state index in [1.165, 1.54) is 27.8 Å². The molecule has 5 heterocycles. The van der Waals surface area contributed by atoms with Crippen LogP contribution in [0.15, 0.2) is 136 Å². The van der Waals surface area contributed by atoms with Gasteiger partial charge in [-0.25, -0.2) is 0 Å². The van der Waals surface area contributed by atoms with E-state index in [1.54, 1.807) is 0 Å². The van der Waals surface area contributed by atoms with Gasteiger partial charge in [0.1, 0.15) is 0 Å². The smallest absolute Gasteiger partial charge is 0.218 e. The third kappa shape index (κ3) is 8.45. The first-order valence-corrected chi connectivity index (χ1v) is 21.9. The zero-order valence-electron chi connectivity index (χ0n) is 38.2. The minimum Gasteiger partial charge on any atom is -0.486 e. The Morgan fingerprint density at radius 1 is 0.625 bits per heavy atom. The molecule has 0 saturated carbocycles. The summed E-state index contributed by atoms with van der Waals surface area (Å²) in [6.07, 6.45) is 1.95. The van der Waals surface area contributed by atoms with Crippen LogP contribution in [-0.4, -0.2) is 24.5 Å². The second-order valence-corrected chi connectivity index (χ2v) is 19.0. The van der Waals surface area contributed by atoms with E-state index >= 15 is 0 Å². The fraction of sp³-hybridized carbons (Fsp3) is 0.250. The second-order valence-electron chi connectivity index (χ2n) is 19.0. The summed E-state index contributed by atoms with van der Waals surface area (Å²) >= 11 is 0. The fourth-order valence-corrected chi connectivity index (χ4v) is 8.09. The molecule has 7 nitrogen and oxygen atoms in total. The molecule has 0 atom stereocenters. The molecule has 0 amide bonds. The Kier molecular flexibility index (Phi) is 12.1.